The fourth-order valence-corrected chi connectivity index (χ4v) is 5.77. The van der Waals surface area contributed by atoms with Gasteiger partial charge in [-0.25, -0.2) is 0 Å². The van der Waals surface area contributed by atoms with Gasteiger partial charge in [-0.3, -0.25) is 14.7 Å². The quantitative estimate of drug-likeness (QED) is 0.770. The zero-order valence-corrected chi connectivity index (χ0v) is 18.3. The number of carbonyl (C=O) groups excluding carboxylic acids is 1. The molecule has 0 atom stereocenters. The van der Waals surface area contributed by atoms with Crippen LogP contribution in [0, 0.1) is 5.92 Å². The van der Waals surface area contributed by atoms with Crippen LogP contribution in [-0.4, -0.2) is 64.8 Å². The van der Waals surface area contributed by atoms with Gasteiger partial charge in [0.15, 0.2) is 0 Å². The molecular weight excluding hydrogens is 386 g/mol. The lowest BCUT2D eigenvalue weighted by molar-refractivity contribution is -0.138. The molecule has 1 aromatic heterocycles. The lowest BCUT2D eigenvalue weighted by Gasteiger charge is -2.42. The van der Waals surface area contributed by atoms with Gasteiger partial charge >= 0.3 is 0 Å². The summed E-state index contributed by atoms with van der Waals surface area (Å²) in [6, 6.07) is 10.8. The highest BCUT2D eigenvalue weighted by Gasteiger charge is 2.45. The first-order valence-corrected chi connectivity index (χ1v) is 11.5. The van der Waals surface area contributed by atoms with Crippen LogP contribution in [0.3, 0.4) is 0 Å². The first kappa shape index (κ1) is 20.3. The summed E-state index contributed by atoms with van der Waals surface area (Å²) < 4.78 is 0. The minimum atomic E-state index is 0.171. The Morgan fingerprint density at radius 3 is 2.58 bits per heavy atom. The maximum Gasteiger partial charge on any atom is 0.225 e. The van der Waals surface area contributed by atoms with E-state index in [1.807, 2.05) is 19.3 Å². The van der Waals surface area contributed by atoms with Crippen LogP contribution in [0.15, 0.2) is 47.7 Å². The number of fused-ring (bicyclic) bond motifs is 2. The van der Waals surface area contributed by atoms with Crippen LogP contribution < -0.4 is 0 Å². The Bertz CT molecular complexity index is 957. The number of aliphatic imine (C=N–C) groups is 1. The number of rotatable bonds is 3. The number of benzene rings is 1. The smallest absolute Gasteiger partial charge is 0.225 e. The van der Waals surface area contributed by atoms with E-state index in [1.54, 1.807) is 6.20 Å². The van der Waals surface area contributed by atoms with E-state index in [1.165, 1.54) is 22.4 Å². The second-order valence-electron chi connectivity index (χ2n) is 9.30. The predicted octanol–water partition coefficient (Wildman–Crippen LogP) is 3.07. The summed E-state index contributed by atoms with van der Waals surface area (Å²) in [4.78, 5) is 22.4. The Morgan fingerprint density at radius 2 is 1.87 bits per heavy atom. The molecule has 6 nitrogen and oxygen atoms in total. The molecule has 5 rings (SSSR count). The van der Waals surface area contributed by atoms with E-state index in [4.69, 9.17) is 0 Å². The second-order valence-corrected chi connectivity index (χ2v) is 9.30. The highest BCUT2D eigenvalue weighted by atomic mass is 16.2. The second kappa shape index (κ2) is 8.50. The molecule has 6 heteroatoms. The molecule has 2 aromatic rings. The van der Waals surface area contributed by atoms with E-state index in [9.17, 15) is 4.79 Å². The first-order valence-electron chi connectivity index (χ1n) is 11.5. The molecule has 3 heterocycles. The van der Waals surface area contributed by atoms with Crippen LogP contribution in [0.4, 0.5) is 0 Å². The summed E-state index contributed by atoms with van der Waals surface area (Å²) in [5.41, 5.74) is 5.35. The van der Waals surface area contributed by atoms with Gasteiger partial charge < -0.3 is 4.90 Å². The van der Waals surface area contributed by atoms with Crippen molar-refractivity contribution in [2.24, 2.45) is 10.9 Å². The molecule has 0 saturated carbocycles. The molecule has 31 heavy (non-hydrogen) atoms. The number of aromatic nitrogens is 2. The Morgan fingerprint density at radius 1 is 1.10 bits per heavy atom. The molecule has 0 N–H and O–H groups in total. The zero-order valence-electron chi connectivity index (χ0n) is 18.3. The van der Waals surface area contributed by atoms with Crippen molar-refractivity contribution in [2.75, 3.05) is 33.2 Å². The number of amides is 1. The van der Waals surface area contributed by atoms with Gasteiger partial charge in [0.05, 0.1) is 6.20 Å². The Labute approximate surface area is 184 Å². The van der Waals surface area contributed by atoms with E-state index in [0.29, 0.717) is 5.91 Å². The number of likely N-dealkylation sites (tertiary alicyclic amines) is 2. The third-order valence-electron chi connectivity index (χ3n) is 7.61. The van der Waals surface area contributed by atoms with Crippen LogP contribution in [0.1, 0.15) is 48.8 Å². The van der Waals surface area contributed by atoms with Crippen molar-refractivity contribution in [3.05, 3.63) is 59.4 Å². The SMILES string of the molecule is C/N=C1\CC2(CCN(C(=O)C3CCN(Cc4ccnnc4)CC3)CC2)c2ccccc21. The van der Waals surface area contributed by atoms with Gasteiger partial charge in [0, 0.05) is 49.9 Å². The molecule has 2 fully saturated rings. The maximum absolute atomic E-state index is 13.3. The fraction of sp³-hybridized carbons (Fsp3) is 0.520. The third kappa shape index (κ3) is 3.89. The Balaban J connectivity index is 1.17. The summed E-state index contributed by atoms with van der Waals surface area (Å²) in [6.07, 6.45) is 8.59. The van der Waals surface area contributed by atoms with Crippen molar-refractivity contribution in [3.8, 4) is 0 Å². The molecule has 2 saturated heterocycles. The molecule has 1 amide bonds. The van der Waals surface area contributed by atoms with E-state index in [0.717, 1.165) is 64.8 Å². The normalized spacial score (nSPS) is 22.7. The van der Waals surface area contributed by atoms with Gasteiger partial charge in [0.2, 0.25) is 5.91 Å². The summed E-state index contributed by atoms with van der Waals surface area (Å²) in [5.74, 6) is 0.542. The van der Waals surface area contributed by atoms with E-state index < -0.39 is 0 Å². The highest BCUT2D eigenvalue weighted by Crippen LogP contribution is 2.46. The topological polar surface area (TPSA) is 61.7 Å². The van der Waals surface area contributed by atoms with Crippen molar-refractivity contribution in [2.45, 2.75) is 44.1 Å². The number of hydrogen-bond acceptors (Lipinski definition) is 5. The van der Waals surface area contributed by atoms with Crippen LogP contribution >= 0.6 is 0 Å². The summed E-state index contributed by atoms with van der Waals surface area (Å²) in [6.45, 7) is 4.57. The molecule has 1 spiro atoms. The van der Waals surface area contributed by atoms with E-state index >= 15 is 0 Å². The Hall–Kier alpha value is -2.60. The molecule has 2 aliphatic heterocycles. The van der Waals surface area contributed by atoms with Gasteiger partial charge in [0.1, 0.15) is 0 Å². The molecule has 0 unspecified atom stereocenters. The molecule has 162 valence electrons. The summed E-state index contributed by atoms with van der Waals surface area (Å²) in [5, 5.41) is 7.81. The number of piperidine rings is 2. The van der Waals surface area contributed by atoms with E-state index in [2.05, 4.69) is 49.3 Å². The van der Waals surface area contributed by atoms with Crippen molar-refractivity contribution >= 4 is 11.6 Å². The standard InChI is InChI=1S/C25H31N5O/c1-26-23-16-25(22-5-3-2-4-21(22)23)9-14-30(15-10-25)24(31)20-7-12-29(13-8-20)18-19-6-11-27-28-17-19/h2-6,11,17,20H,7-10,12-16,18H2,1H3/b26-23+. The summed E-state index contributed by atoms with van der Waals surface area (Å²) >= 11 is 0. The minimum absolute atomic E-state index is 0.171. The number of carbonyl (C=O) groups is 1. The zero-order chi connectivity index (χ0) is 21.3. The highest BCUT2D eigenvalue weighted by molar-refractivity contribution is 6.06. The lowest BCUT2D eigenvalue weighted by Crippen LogP contribution is -2.48. The van der Waals surface area contributed by atoms with Gasteiger partial charge in [-0.1, -0.05) is 24.3 Å². The monoisotopic (exact) mass is 417 g/mol. The molecular formula is C25H31N5O. The van der Waals surface area contributed by atoms with Crippen molar-refractivity contribution in [1.82, 2.24) is 20.0 Å². The van der Waals surface area contributed by atoms with Gasteiger partial charge in [0.25, 0.3) is 0 Å². The third-order valence-corrected chi connectivity index (χ3v) is 7.61. The van der Waals surface area contributed by atoms with Crippen LogP contribution in [-0.2, 0) is 16.8 Å². The number of hydrogen-bond donors (Lipinski definition) is 0. The maximum atomic E-state index is 13.3. The van der Waals surface area contributed by atoms with Crippen LogP contribution in [0.2, 0.25) is 0 Å². The lowest BCUT2D eigenvalue weighted by atomic mass is 9.73. The minimum Gasteiger partial charge on any atom is -0.342 e. The van der Waals surface area contributed by atoms with Crippen molar-refractivity contribution in [1.29, 1.82) is 0 Å². The molecule has 1 aromatic carbocycles. The first-order chi connectivity index (χ1) is 15.2. The fourth-order valence-electron chi connectivity index (χ4n) is 5.77. The molecule has 3 aliphatic rings. The number of nitrogens with zero attached hydrogens (tertiary/aromatic N) is 5. The van der Waals surface area contributed by atoms with Crippen molar-refractivity contribution < 1.29 is 4.79 Å². The average molecular weight is 418 g/mol. The van der Waals surface area contributed by atoms with Crippen LogP contribution in [0.25, 0.3) is 0 Å². The molecule has 0 bridgehead atoms. The summed E-state index contributed by atoms with van der Waals surface area (Å²) in [7, 11) is 1.90. The van der Waals surface area contributed by atoms with Crippen LogP contribution in [0.5, 0.6) is 0 Å². The van der Waals surface area contributed by atoms with E-state index in [-0.39, 0.29) is 11.3 Å². The average Bonchev–Trinajstić information content (AvgIpc) is 3.14. The molecule has 1 aliphatic carbocycles. The molecule has 0 radical (unpaired) electrons. The van der Waals surface area contributed by atoms with Gasteiger partial charge in [-0.15, -0.1) is 0 Å². The Kier molecular flexibility index (Phi) is 5.57. The van der Waals surface area contributed by atoms with Gasteiger partial charge in [-0.05, 0) is 68.0 Å². The van der Waals surface area contributed by atoms with Gasteiger partial charge in [-0.2, -0.15) is 10.2 Å². The largest absolute Gasteiger partial charge is 0.342 e. The van der Waals surface area contributed by atoms with Crippen molar-refractivity contribution in [3.63, 3.8) is 0 Å². The predicted molar refractivity (Wildman–Crippen MR) is 121 cm³/mol.